The fraction of sp³-hybridized carbons (Fsp3) is 0.0741. The molecule has 5 aromatic rings. The van der Waals surface area contributed by atoms with E-state index in [-0.39, 0.29) is 33.5 Å². The van der Waals surface area contributed by atoms with Crippen LogP contribution in [0.2, 0.25) is 0 Å². The van der Waals surface area contributed by atoms with Crippen LogP contribution < -0.4 is 20.5 Å². The molecule has 7 heteroatoms. The Hall–Kier alpha value is -4.65. The molecule has 0 saturated carbocycles. The van der Waals surface area contributed by atoms with Crippen molar-refractivity contribution in [1.82, 2.24) is 0 Å². The molecule has 0 radical (unpaired) electrons. The second kappa shape index (κ2) is 8.37. The quantitative estimate of drug-likeness (QED) is 0.200. The SMILES string of the molecule is Cc1cc(C)cc(Oc2coc3cc(OC(=O)c4cc5ccccc5oc4=O)ccc3c2=O)c1. The van der Waals surface area contributed by atoms with Crippen molar-refractivity contribution < 1.29 is 23.1 Å². The molecular weight excluding hydrogens is 436 g/mol. The van der Waals surface area contributed by atoms with Crippen LogP contribution in [0.3, 0.4) is 0 Å². The van der Waals surface area contributed by atoms with Gasteiger partial charge in [-0.25, -0.2) is 9.59 Å². The molecule has 168 valence electrons. The molecule has 0 bridgehead atoms. The zero-order valence-corrected chi connectivity index (χ0v) is 18.3. The monoisotopic (exact) mass is 454 g/mol. The minimum Gasteiger partial charge on any atom is -0.460 e. The minimum atomic E-state index is -0.879. The summed E-state index contributed by atoms with van der Waals surface area (Å²) < 4.78 is 21.8. The first-order valence-corrected chi connectivity index (χ1v) is 10.4. The Bertz CT molecular complexity index is 1670. The molecule has 0 atom stereocenters. The molecule has 0 aliphatic rings. The summed E-state index contributed by atoms with van der Waals surface area (Å²) in [5, 5.41) is 0.849. The molecule has 0 saturated heterocycles. The molecule has 2 aromatic heterocycles. The van der Waals surface area contributed by atoms with Crippen LogP contribution in [0.4, 0.5) is 0 Å². The standard InChI is InChI=1S/C27H18O7/c1-15-9-16(2)11-19(10-15)32-24-14-31-23-13-18(7-8-20(23)25(24)28)33-26(29)21-12-17-5-3-4-6-22(17)34-27(21)30/h3-14H,1-2H3. The zero-order chi connectivity index (χ0) is 23.8. The number of carbonyl (C=O) groups excluding carboxylic acids is 1. The van der Waals surface area contributed by atoms with Gasteiger partial charge in [0.2, 0.25) is 11.2 Å². The highest BCUT2D eigenvalue weighted by Gasteiger charge is 2.17. The second-order valence-corrected chi connectivity index (χ2v) is 7.89. The molecule has 0 N–H and O–H groups in total. The number of ether oxygens (including phenoxy) is 2. The summed E-state index contributed by atoms with van der Waals surface area (Å²) in [6.07, 6.45) is 1.21. The number of aryl methyl sites for hydroxylation is 2. The lowest BCUT2D eigenvalue weighted by Gasteiger charge is -2.08. The van der Waals surface area contributed by atoms with E-state index in [4.69, 9.17) is 18.3 Å². The van der Waals surface area contributed by atoms with Crippen molar-refractivity contribution in [3.8, 4) is 17.2 Å². The van der Waals surface area contributed by atoms with Crippen LogP contribution in [0, 0.1) is 13.8 Å². The van der Waals surface area contributed by atoms with E-state index in [0.717, 1.165) is 11.1 Å². The van der Waals surface area contributed by atoms with E-state index in [1.807, 2.05) is 32.0 Å². The molecule has 0 spiro atoms. The number of esters is 1. The van der Waals surface area contributed by atoms with Crippen LogP contribution in [0.15, 0.2) is 91.4 Å². The van der Waals surface area contributed by atoms with Gasteiger partial charge < -0.3 is 18.3 Å². The van der Waals surface area contributed by atoms with Gasteiger partial charge in [-0.15, -0.1) is 0 Å². The van der Waals surface area contributed by atoms with Gasteiger partial charge in [0.15, 0.2) is 0 Å². The van der Waals surface area contributed by atoms with E-state index in [9.17, 15) is 14.4 Å². The summed E-state index contributed by atoms with van der Waals surface area (Å²) >= 11 is 0. The summed E-state index contributed by atoms with van der Waals surface area (Å²) in [5.41, 5.74) is 1.18. The van der Waals surface area contributed by atoms with Crippen molar-refractivity contribution in [2.45, 2.75) is 13.8 Å². The molecule has 0 unspecified atom stereocenters. The summed E-state index contributed by atoms with van der Waals surface area (Å²) in [7, 11) is 0. The summed E-state index contributed by atoms with van der Waals surface area (Å²) in [6, 6.07) is 18.2. The molecule has 0 aliphatic heterocycles. The van der Waals surface area contributed by atoms with Crippen molar-refractivity contribution in [2.75, 3.05) is 0 Å². The molecule has 2 heterocycles. The average molecular weight is 454 g/mol. The lowest BCUT2D eigenvalue weighted by atomic mass is 10.1. The fourth-order valence-electron chi connectivity index (χ4n) is 3.71. The van der Waals surface area contributed by atoms with Gasteiger partial charge >= 0.3 is 11.6 Å². The molecule has 7 nitrogen and oxygen atoms in total. The highest BCUT2D eigenvalue weighted by atomic mass is 16.5. The van der Waals surface area contributed by atoms with E-state index < -0.39 is 11.6 Å². The first kappa shape index (κ1) is 21.2. The van der Waals surface area contributed by atoms with E-state index in [1.165, 1.54) is 30.5 Å². The van der Waals surface area contributed by atoms with Crippen molar-refractivity contribution in [2.24, 2.45) is 0 Å². The molecular formula is C27H18O7. The number of para-hydroxylation sites is 1. The third kappa shape index (κ3) is 4.06. The van der Waals surface area contributed by atoms with Crippen LogP contribution in [-0.2, 0) is 0 Å². The van der Waals surface area contributed by atoms with Crippen molar-refractivity contribution >= 4 is 27.9 Å². The van der Waals surface area contributed by atoms with Crippen LogP contribution in [-0.4, -0.2) is 5.97 Å². The van der Waals surface area contributed by atoms with Gasteiger partial charge in [-0.1, -0.05) is 24.3 Å². The number of hydrogen-bond donors (Lipinski definition) is 0. The number of fused-ring (bicyclic) bond motifs is 2. The van der Waals surface area contributed by atoms with Gasteiger partial charge in [-0.05, 0) is 61.4 Å². The third-order valence-electron chi connectivity index (χ3n) is 5.21. The van der Waals surface area contributed by atoms with Gasteiger partial charge in [-0.3, -0.25) is 4.79 Å². The van der Waals surface area contributed by atoms with Gasteiger partial charge in [0.1, 0.15) is 34.5 Å². The molecule has 5 rings (SSSR count). The molecule has 0 aliphatic carbocycles. The largest absolute Gasteiger partial charge is 0.460 e. The van der Waals surface area contributed by atoms with E-state index >= 15 is 0 Å². The smallest absolute Gasteiger partial charge is 0.351 e. The molecule has 34 heavy (non-hydrogen) atoms. The minimum absolute atomic E-state index is 0.0380. The number of benzene rings is 3. The van der Waals surface area contributed by atoms with Gasteiger partial charge in [0.25, 0.3) is 0 Å². The Kier molecular flexibility index (Phi) is 5.22. The lowest BCUT2D eigenvalue weighted by Crippen LogP contribution is -2.18. The first-order chi connectivity index (χ1) is 16.4. The number of hydrogen-bond acceptors (Lipinski definition) is 7. The van der Waals surface area contributed by atoms with Crippen molar-refractivity contribution in [1.29, 1.82) is 0 Å². The maximum atomic E-state index is 12.9. The Morgan fingerprint density at radius 3 is 2.38 bits per heavy atom. The van der Waals surface area contributed by atoms with Crippen LogP contribution >= 0.6 is 0 Å². The third-order valence-corrected chi connectivity index (χ3v) is 5.21. The lowest BCUT2D eigenvalue weighted by molar-refractivity contribution is 0.0730. The summed E-state index contributed by atoms with van der Waals surface area (Å²) in [4.78, 5) is 37.7. The maximum absolute atomic E-state index is 12.9. The highest BCUT2D eigenvalue weighted by Crippen LogP contribution is 2.26. The highest BCUT2D eigenvalue weighted by molar-refractivity contribution is 5.94. The van der Waals surface area contributed by atoms with E-state index in [2.05, 4.69) is 0 Å². The summed E-state index contributed by atoms with van der Waals surface area (Å²) in [5.74, 6) is -0.202. The maximum Gasteiger partial charge on any atom is 0.351 e. The Morgan fingerprint density at radius 2 is 1.59 bits per heavy atom. The van der Waals surface area contributed by atoms with Crippen LogP contribution in [0.1, 0.15) is 21.5 Å². The molecule has 3 aromatic carbocycles. The Morgan fingerprint density at radius 1 is 0.824 bits per heavy atom. The van der Waals surface area contributed by atoms with Crippen LogP contribution in [0.5, 0.6) is 17.2 Å². The Balaban J connectivity index is 1.43. The molecule has 0 fully saturated rings. The topological polar surface area (TPSA) is 95.9 Å². The van der Waals surface area contributed by atoms with Gasteiger partial charge in [0.05, 0.1) is 5.39 Å². The predicted octanol–water partition coefficient (Wildman–Crippen LogP) is 5.53. The number of rotatable bonds is 4. The average Bonchev–Trinajstić information content (AvgIpc) is 2.80. The second-order valence-electron chi connectivity index (χ2n) is 7.89. The zero-order valence-electron chi connectivity index (χ0n) is 18.3. The molecule has 0 amide bonds. The van der Waals surface area contributed by atoms with Gasteiger partial charge in [-0.2, -0.15) is 0 Å². The Labute approximate surface area is 192 Å². The van der Waals surface area contributed by atoms with Crippen molar-refractivity contribution in [3.63, 3.8) is 0 Å². The predicted molar refractivity (Wildman–Crippen MR) is 126 cm³/mol. The van der Waals surface area contributed by atoms with Gasteiger partial charge in [0, 0.05) is 11.5 Å². The van der Waals surface area contributed by atoms with Crippen LogP contribution in [0.25, 0.3) is 21.9 Å². The van der Waals surface area contributed by atoms with E-state index in [0.29, 0.717) is 16.7 Å². The van der Waals surface area contributed by atoms with Crippen molar-refractivity contribution in [3.05, 3.63) is 110 Å². The first-order valence-electron chi connectivity index (χ1n) is 10.4. The normalized spacial score (nSPS) is 11.0. The number of carbonyl (C=O) groups is 1. The summed E-state index contributed by atoms with van der Waals surface area (Å²) in [6.45, 7) is 3.88. The van der Waals surface area contributed by atoms with E-state index in [1.54, 1.807) is 24.3 Å². The fourth-order valence-corrected chi connectivity index (χ4v) is 3.71.